The molecule has 0 fully saturated rings. The summed E-state index contributed by atoms with van der Waals surface area (Å²) in [7, 11) is 0. The third-order valence-electron chi connectivity index (χ3n) is 1.61. The predicted octanol–water partition coefficient (Wildman–Crippen LogP) is 3.06. The normalized spacial score (nSPS) is 9.57. The number of halogens is 1. The maximum atomic E-state index is 10.8. The highest BCUT2D eigenvalue weighted by molar-refractivity contribution is 9.11. The zero-order chi connectivity index (χ0) is 10.6. The lowest BCUT2D eigenvalue weighted by atomic mass is 10.1. The molecule has 1 aromatic rings. The fourth-order valence-corrected chi connectivity index (χ4v) is 1.41. The van der Waals surface area contributed by atoms with E-state index < -0.39 is 0 Å². The maximum Gasteiger partial charge on any atom is 0.308 e. The van der Waals surface area contributed by atoms with Gasteiger partial charge in [0.05, 0.1) is 0 Å². The van der Waals surface area contributed by atoms with E-state index in [4.69, 9.17) is 4.74 Å². The van der Waals surface area contributed by atoms with Crippen LogP contribution in [0.15, 0.2) is 35.3 Å². The van der Waals surface area contributed by atoms with Crippen LogP contribution in [0.3, 0.4) is 0 Å². The van der Waals surface area contributed by atoms with E-state index in [2.05, 4.69) is 22.5 Å². The Bertz CT molecular complexity index is 323. The standard InChI is InChI=1S/C11H11BrO2/c1-8(12)7-10-5-3-4-6-11(10)14-9(2)13/h3-6H,1,7H2,2H3. The maximum absolute atomic E-state index is 10.8. The highest BCUT2D eigenvalue weighted by Gasteiger charge is 2.05. The lowest BCUT2D eigenvalue weighted by Gasteiger charge is -2.07. The van der Waals surface area contributed by atoms with Gasteiger partial charge in [-0.3, -0.25) is 4.79 Å². The molecule has 0 aliphatic rings. The summed E-state index contributed by atoms with van der Waals surface area (Å²) >= 11 is 3.28. The van der Waals surface area contributed by atoms with Gasteiger partial charge in [0.25, 0.3) is 0 Å². The first-order valence-electron chi connectivity index (χ1n) is 4.19. The zero-order valence-electron chi connectivity index (χ0n) is 7.92. The number of esters is 1. The Morgan fingerprint density at radius 3 is 2.71 bits per heavy atom. The monoisotopic (exact) mass is 254 g/mol. The molecule has 2 nitrogen and oxygen atoms in total. The van der Waals surface area contributed by atoms with Crippen molar-refractivity contribution in [3.05, 3.63) is 40.9 Å². The molecule has 0 aromatic heterocycles. The van der Waals surface area contributed by atoms with Crippen LogP contribution in [-0.4, -0.2) is 5.97 Å². The van der Waals surface area contributed by atoms with Gasteiger partial charge in [0.2, 0.25) is 0 Å². The molecule has 0 radical (unpaired) electrons. The number of para-hydroxylation sites is 1. The van der Waals surface area contributed by atoms with Crippen molar-refractivity contribution in [2.75, 3.05) is 0 Å². The van der Waals surface area contributed by atoms with Crippen LogP contribution >= 0.6 is 15.9 Å². The molecule has 0 unspecified atom stereocenters. The summed E-state index contributed by atoms with van der Waals surface area (Å²) in [6.45, 7) is 5.14. The third-order valence-corrected chi connectivity index (χ3v) is 1.89. The second-order valence-corrected chi connectivity index (χ2v) is 4.02. The molecular formula is C11H11BrO2. The molecule has 74 valence electrons. The number of ether oxygens (including phenoxy) is 1. The first-order valence-corrected chi connectivity index (χ1v) is 4.98. The lowest BCUT2D eigenvalue weighted by Crippen LogP contribution is -2.03. The van der Waals surface area contributed by atoms with Gasteiger partial charge in [-0.1, -0.05) is 40.7 Å². The molecule has 1 rings (SSSR count). The van der Waals surface area contributed by atoms with Gasteiger partial charge >= 0.3 is 5.97 Å². The largest absolute Gasteiger partial charge is 0.426 e. The minimum atomic E-state index is -0.308. The van der Waals surface area contributed by atoms with Crippen molar-refractivity contribution in [1.29, 1.82) is 0 Å². The zero-order valence-corrected chi connectivity index (χ0v) is 9.50. The minimum Gasteiger partial charge on any atom is -0.426 e. The molecule has 3 heteroatoms. The van der Waals surface area contributed by atoms with Crippen LogP contribution in [0.25, 0.3) is 0 Å². The number of hydrogen-bond donors (Lipinski definition) is 0. The summed E-state index contributed by atoms with van der Waals surface area (Å²) in [4.78, 5) is 10.8. The highest BCUT2D eigenvalue weighted by Crippen LogP contribution is 2.22. The van der Waals surface area contributed by atoms with Crippen molar-refractivity contribution < 1.29 is 9.53 Å². The number of allylic oxidation sites excluding steroid dienone is 1. The van der Waals surface area contributed by atoms with Gasteiger partial charge in [-0.15, -0.1) is 0 Å². The van der Waals surface area contributed by atoms with Crippen molar-refractivity contribution in [1.82, 2.24) is 0 Å². The summed E-state index contributed by atoms with van der Waals surface area (Å²) < 4.78 is 5.90. The van der Waals surface area contributed by atoms with Crippen LogP contribution in [-0.2, 0) is 11.2 Å². The van der Waals surface area contributed by atoms with E-state index in [1.165, 1.54) is 6.92 Å². The highest BCUT2D eigenvalue weighted by atomic mass is 79.9. The van der Waals surface area contributed by atoms with Gasteiger partial charge in [0, 0.05) is 13.3 Å². The summed E-state index contributed by atoms with van der Waals surface area (Å²) in [6.07, 6.45) is 0.656. The summed E-state index contributed by atoms with van der Waals surface area (Å²) in [5.74, 6) is 0.290. The van der Waals surface area contributed by atoms with E-state index in [-0.39, 0.29) is 5.97 Å². The first-order chi connectivity index (χ1) is 6.59. The van der Waals surface area contributed by atoms with E-state index in [1.807, 2.05) is 18.2 Å². The van der Waals surface area contributed by atoms with Crippen molar-refractivity contribution in [2.45, 2.75) is 13.3 Å². The Morgan fingerprint density at radius 1 is 1.50 bits per heavy atom. The first kappa shape index (κ1) is 11.0. The Labute approximate surface area is 91.7 Å². The number of carbonyl (C=O) groups is 1. The molecule has 0 aliphatic carbocycles. The van der Waals surface area contributed by atoms with Crippen LogP contribution in [0.4, 0.5) is 0 Å². The second kappa shape index (κ2) is 4.96. The van der Waals surface area contributed by atoms with Crippen LogP contribution in [0, 0.1) is 0 Å². The van der Waals surface area contributed by atoms with Crippen LogP contribution in [0.2, 0.25) is 0 Å². The van der Waals surface area contributed by atoms with Crippen LogP contribution < -0.4 is 4.74 Å². The average molecular weight is 255 g/mol. The Morgan fingerprint density at radius 2 is 2.14 bits per heavy atom. The molecule has 0 spiro atoms. The molecule has 0 bridgehead atoms. The third kappa shape index (κ3) is 3.34. The Hall–Kier alpha value is -1.09. The SMILES string of the molecule is C=C(Br)Cc1ccccc1OC(C)=O. The summed E-state index contributed by atoms with van der Waals surface area (Å²) in [5.41, 5.74) is 0.949. The number of benzene rings is 1. The van der Waals surface area contributed by atoms with Crippen molar-refractivity contribution in [3.8, 4) is 5.75 Å². The molecule has 0 saturated carbocycles. The van der Waals surface area contributed by atoms with Crippen molar-refractivity contribution in [2.24, 2.45) is 0 Å². The molecule has 14 heavy (non-hydrogen) atoms. The molecule has 1 aromatic carbocycles. The lowest BCUT2D eigenvalue weighted by molar-refractivity contribution is -0.131. The molecule has 0 aliphatic heterocycles. The molecular weight excluding hydrogens is 244 g/mol. The van der Waals surface area contributed by atoms with E-state index >= 15 is 0 Å². The van der Waals surface area contributed by atoms with Gasteiger partial charge in [0.15, 0.2) is 0 Å². The summed E-state index contributed by atoms with van der Waals surface area (Å²) in [5, 5.41) is 0. The van der Waals surface area contributed by atoms with Gasteiger partial charge in [-0.25, -0.2) is 0 Å². The van der Waals surface area contributed by atoms with E-state index in [0.29, 0.717) is 12.2 Å². The van der Waals surface area contributed by atoms with Gasteiger partial charge < -0.3 is 4.74 Å². The fourth-order valence-electron chi connectivity index (χ4n) is 1.11. The van der Waals surface area contributed by atoms with E-state index in [9.17, 15) is 4.79 Å². The van der Waals surface area contributed by atoms with Crippen molar-refractivity contribution in [3.63, 3.8) is 0 Å². The Balaban J connectivity index is 2.90. The fraction of sp³-hybridized carbons (Fsp3) is 0.182. The van der Waals surface area contributed by atoms with Gasteiger partial charge in [-0.05, 0) is 16.1 Å². The quantitative estimate of drug-likeness (QED) is 0.612. The number of hydrogen-bond acceptors (Lipinski definition) is 2. The summed E-state index contributed by atoms with van der Waals surface area (Å²) in [6, 6.07) is 7.41. The average Bonchev–Trinajstić information content (AvgIpc) is 2.06. The topological polar surface area (TPSA) is 26.3 Å². The van der Waals surface area contributed by atoms with Crippen molar-refractivity contribution >= 4 is 21.9 Å². The molecule has 0 saturated heterocycles. The van der Waals surface area contributed by atoms with Crippen LogP contribution in [0.1, 0.15) is 12.5 Å². The molecule has 0 amide bonds. The number of rotatable bonds is 3. The molecule has 0 heterocycles. The Kier molecular flexibility index (Phi) is 3.89. The minimum absolute atomic E-state index is 0.308. The van der Waals surface area contributed by atoms with Crippen LogP contribution in [0.5, 0.6) is 5.75 Å². The second-order valence-electron chi connectivity index (χ2n) is 2.90. The van der Waals surface area contributed by atoms with E-state index in [0.717, 1.165) is 10.0 Å². The van der Waals surface area contributed by atoms with E-state index in [1.54, 1.807) is 6.07 Å². The number of carbonyl (C=O) groups excluding carboxylic acids is 1. The van der Waals surface area contributed by atoms with Gasteiger partial charge in [0.1, 0.15) is 5.75 Å². The predicted molar refractivity (Wildman–Crippen MR) is 59.5 cm³/mol. The molecule has 0 N–H and O–H groups in total. The molecule has 0 atom stereocenters. The smallest absolute Gasteiger partial charge is 0.308 e. The van der Waals surface area contributed by atoms with Gasteiger partial charge in [-0.2, -0.15) is 0 Å².